The van der Waals surface area contributed by atoms with Crippen molar-refractivity contribution in [1.29, 1.82) is 0 Å². The smallest absolute Gasteiger partial charge is 0.335 e. The quantitative estimate of drug-likeness (QED) is 0.647. The number of aromatic nitrogens is 1. The van der Waals surface area contributed by atoms with Crippen molar-refractivity contribution in [2.75, 3.05) is 0 Å². The minimum Gasteiger partial charge on any atom is -0.478 e. The van der Waals surface area contributed by atoms with E-state index in [4.69, 9.17) is 28.3 Å². The first-order chi connectivity index (χ1) is 14.3. The van der Waals surface area contributed by atoms with Crippen LogP contribution in [0.15, 0.2) is 35.1 Å². The van der Waals surface area contributed by atoms with E-state index in [0.717, 1.165) is 23.1 Å². The lowest BCUT2D eigenvalue weighted by atomic mass is 9.95. The van der Waals surface area contributed by atoms with Crippen LogP contribution < -0.4 is 10.9 Å². The highest BCUT2D eigenvalue weighted by atomic mass is 35.5. The second-order valence-electron chi connectivity index (χ2n) is 8.58. The summed E-state index contributed by atoms with van der Waals surface area (Å²) in [6.45, 7) is 3.31. The molecule has 0 radical (unpaired) electrons. The Hall–Kier alpha value is -1.82. The molecule has 30 heavy (non-hydrogen) atoms. The van der Waals surface area contributed by atoms with Crippen molar-refractivity contribution in [3.8, 4) is 0 Å². The Balaban J connectivity index is 1.50. The average Bonchev–Trinajstić information content (AvgIpc) is 3.23. The van der Waals surface area contributed by atoms with Crippen LogP contribution in [0.1, 0.15) is 47.8 Å². The van der Waals surface area contributed by atoms with Crippen LogP contribution in [0.4, 0.5) is 0 Å². The first-order valence-corrected chi connectivity index (χ1v) is 11.2. The number of aryl methyl sites for hydroxylation is 1. The summed E-state index contributed by atoms with van der Waals surface area (Å²) in [6.07, 6.45) is 4.37. The van der Waals surface area contributed by atoms with Crippen LogP contribution >= 0.6 is 23.2 Å². The van der Waals surface area contributed by atoms with E-state index < -0.39 is 5.97 Å². The maximum absolute atomic E-state index is 12.7. The highest BCUT2D eigenvalue weighted by Gasteiger charge is 2.45. The second kappa shape index (κ2) is 8.74. The summed E-state index contributed by atoms with van der Waals surface area (Å²) < 4.78 is 1.65. The van der Waals surface area contributed by atoms with Crippen molar-refractivity contribution in [3.63, 3.8) is 0 Å². The maximum Gasteiger partial charge on any atom is 0.335 e. The van der Waals surface area contributed by atoms with Crippen molar-refractivity contribution in [2.24, 2.45) is 17.8 Å². The molecule has 0 saturated heterocycles. The van der Waals surface area contributed by atoms with Gasteiger partial charge < -0.3 is 15.0 Å². The molecule has 1 aromatic carbocycles. The van der Waals surface area contributed by atoms with Gasteiger partial charge in [-0.25, -0.2) is 4.79 Å². The number of fused-ring (bicyclic) bond motifs is 2. The molecule has 0 spiro atoms. The Morgan fingerprint density at radius 3 is 2.53 bits per heavy atom. The molecule has 2 N–H and O–H groups in total. The number of carbonyl (C=O) groups is 1. The fourth-order valence-electron chi connectivity index (χ4n) is 5.25. The van der Waals surface area contributed by atoms with Crippen LogP contribution in [0.2, 0.25) is 10.0 Å². The van der Waals surface area contributed by atoms with Crippen molar-refractivity contribution < 1.29 is 9.90 Å². The number of benzene rings is 1. The van der Waals surface area contributed by atoms with E-state index in [0.29, 0.717) is 36.5 Å². The summed E-state index contributed by atoms with van der Waals surface area (Å²) in [5.74, 6) is 1.32. The number of pyridine rings is 1. The largest absolute Gasteiger partial charge is 0.478 e. The molecule has 160 valence electrons. The van der Waals surface area contributed by atoms with E-state index in [2.05, 4.69) is 12.2 Å². The van der Waals surface area contributed by atoms with E-state index in [1.807, 2.05) is 0 Å². The monoisotopic (exact) mass is 448 g/mol. The van der Waals surface area contributed by atoms with Crippen molar-refractivity contribution >= 4 is 29.2 Å². The predicted octanol–water partition coefficient (Wildman–Crippen LogP) is 4.62. The highest BCUT2D eigenvalue weighted by molar-refractivity contribution is 6.34. The molecule has 2 saturated carbocycles. The van der Waals surface area contributed by atoms with E-state index in [1.54, 1.807) is 28.8 Å². The zero-order valence-electron chi connectivity index (χ0n) is 16.9. The summed E-state index contributed by atoms with van der Waals surface area (Å²) in [7, 11) is 0. The summed E-state index contributed by atoms with van der Waals surface area (Å²) in [4.78, 5) is 23.8. The molecule has 1 aromatic heterocycles. The third kappa shape index (κ3) is 4.16. The van der Waals surface area contributed by atoms with Gasteiger partial charge in [-0.2, -0.15) is 0 Å². The first kappa shape index (κ1) is 21.4. The number of hydrogen-bond acceptors (Lipinski definition) is 3. The number of carboxylic acids is 1. The molecule has 1 heterocycles. The Morgan fingerprint density at radius 2 is 1.93 bits per heavy atom. The minimum absolute atomic E-state index is 0.110. The van der Waals surface area contributed by atoms with Gasteiger partial charge in [-0.1, -0.05) is 42.3 Å². The lowest BCUT2D eigenvalue weighted by Gasteiger charge is -2.25. The van der Waals surface area contributed by atoms with Gasteiger partial charge in [0.1, 0.15) is 5.02 Å². The molecule has 5 nitrogen and oxygen atoms in total. The van der Waals surface area contributed by atoms with Crippen molar-refractivity contribution in [3.05, 3.63) is 67.6 Å². The molecule has 2 aliphatic rings. The third-order valence-electron chi connectivity index (χ3n) is 7.02. The minimum atomic E-state index is -0.956. The number of nitrogens with zero attached hydrogens (tertiary/aromatic N) is 1. The third-order valence-corrected chi connectivity index (χ3v) is 7.62. The molecule has 4 rings (SSSR count). The maximum atomic E-state index is 12.7. The Labute approximate surface area is 186 Å². The van der Waals surface area contributed by atoms with Crippen LogP contribution in [-0.4, -0.2) is 21.7 Å². The number of aromatic carboxylic acids is 1. The zero-order valence-corrected chi connectivity index (χ0v) is 18.4. The number of nitrogens with one attached hydrogen (secondary N) is 1. The average molecular weight is 449 g/mol. The fraction of sp³-hybridized carbons (Fsp3) is 0.478. The van der Waals surface area contributed by atoms with Gasteiger partial charge in [0.15, 0.2) is 0 Å². The Morgan fingerprint density at radius 1 is 1.20 bits per heavy atom. The van der Waals surface area contributed by atoms with Gasteiger partial charge in [0, 0.05) is 19.1 Å². The summed E-state index contributed by atoms with van der Waals surface area (Å²) >= 11 is 12.6. The molecule has 2 aliphatic carbocycles. The summed E-state index contributed by atoms with van der Waals surface area (Å²) in [6, 6.07) is 8.69. The standard InChI is InChI=1S/C23H26Cl2N2O3/c1-13-16-6-7-17(13)20(10-16)26-12-21-18(24)11-19(25)22(28)27(21)9-8-14-2-4-15(5-3-14)23(29)30/h2-5,11,13,16-17,20,26H,6-10,12H2,1H3,(H,29,30)/t13-,16?,17+,20+/m0/s1. The molecule has 4 atom stereocenters. The van der Waals surface area contributed by atoms with Gasteiger partial charge in [-0.15, -0.1) is 0 Å². The molecular weight excluding hydrogens is 423 g/mol. The molecule has 2 bridgehead atoms. The summed E-state index contributed by atoms with van der Waals surface area (Å²) in [5, 5.41) is 13.3. The van der Waals surface area contributed by atoms with E-state index >= 15 is 0 Å². The Kier molecular flexibility index (Phi) is 6.24. The van der Waals surface area contributed by atoms with Crippen molar-refractivity contribution in [1.82, 2.24) is 9.88 Å². The van der Waals surface area contributed by atoms with Gasteiger partial charge in [-0.05, 0) is 67.2 Å². The van der Waals surface area contributed by atoms with Crippen LogP contribution in [0.3, 0.4) is 0 Å². The van der Waals surface area contributed by atoms with E-state index in [9.17, 15) is 9.59 Å². The summed E-state index contributed by atoms with van der Waals surface area (Å²) in [5.41, 5.74) is 1.69. The van der Waals surface area contributed by atoms with E-state index in [1.165, 1.54) is 25.3 Å². The van der Waals surface area contributed by atoms with Crippen molar-refractivity contribution in [2.45, 2.75) is 51.7 Å². The van der Waals surface area contributed by atoms with Crippen LogP contribution in [0, 0.1) is 17.8 Å². The number of hydrogen-bond donors (Lipinski definition) is 2. The van der Waals surface area contributed by atoms with Gasteiger partial charge in [-0.3, -0.25) is 4.79 Å². The first-order valence-electron chi connectivity index (χ1n) is 10.5. The van der Waals surface area contributed by atoms with E-state index in [-0.39, 0.29) is 16.1 Å². The number of rotatable bonds is 7. The molecule has 7 heteroatoms. The lowest BCUT2D eigenvalue weighted by Crippen LogP contribution is -2.36. The molecular formula is C23H26Cl2N2O3. The van der Waals surface area contributed by atoms with Gasteiger partial charge in [0.25, 0.3) is 5.56 Å². The Bertz CT molecular complexity index is 1000. The number of carboxylic acid groups (broad SMARTS) is 1. The number of halogens is 2. The topological polar surface area (TPSA) is 71.3 Å². The predicted molar refractivity (Wildman–Crippen MR) is 118 cm³/mol. The second-order valence-corrected chi connectivity index (χ2v) is 9.39. The fourth-order valence-corrected chi connectivity index (χ4v) is 5.80. The molecule has 0 aliphatic heterocycles. The zero-order chi connectivity index (χ0) is 21.4. The molecule has 2 fully saturated rings. The molecule has 2 aromatic rings. The van der Waals surface area contributed by atoms with Gasteiger partial charge in [0.05, 0.1) is 16.3 Å². The lowest BCUT2D eigenvalue weighted by molar-refractivity contribution is 0.0697. The normalized spacial score (nSPS) is 25.0. The van der Waals surface area contributed by atoms with Crippen LogP contribution in [-0.2, 0) is 19.5 Å². The van der Waals surface area contributed by atoms with Crippen LogP contribution in [0.5, 0.6) is 0 Å². The van der Waals surface area contributed by atoms with Gasteiger partial charge >= 0.3 is 5.97 Å². The van der Waals surface area contributed by atoms with Crippen LogP contribution in [0.25, 0.3) is 0 Å². The molecule has 1 unspecified atom stereocenters. The SMILES string of the molecule is C[C@H]1C2CC[C@H]1[C@H](NCc1c(Cl)cc(Cl)c(=O)n1CCc1ccc(C(=O)O)cc1)C2. The molecule has 0 amide bonds. The van der Waals surface area contributed by atoms with Gasteiger partial charge in [0.2, 0.25) is 0 Å². The highest BCUT2D eigenvalue weighted by Crippen LogP contribution is 2.49.